The van der Waals surface area contributed by atoms with Crippen LogP contribution in [0, 0.1) is 0 Å². The van der Waals surface area contributed by atoms with Crippen LogP contribution >= 0.6 is 0 Å². The quantitative estimate of drug-likeness (QED) is 0.696. The second-order valence-electron chi connectivity index (χ2n) is 6.35. The molecule has 5 heteroatoms. The van der Waals surface area contributed by atoms with Crippen LogP contribution in [0.4, 0.5) is 0 Å². The molecule has 2 heterocycles. The Morgan fingerprint density at radius 2 is 1.78 bits per heavy atom. The van der Waals surface area contributed by atoms with Gasteiger partial charge in [-0.25, -0.2) is 0 Å². The van der Waals surface area contributed by atoms with E-state index in [0.717, 1.165) is 28.5 Å². The highest BCUT2D eigenvalue weighted by atomic mass is 16.6. The first kappa shape index (κ1) is 17.4. The first-order chi connectivity index (χ1) is 13.4. The Morgan fingerprint density at radius 1 is 0.963 bits per heavy atom. The number of fused-ring (bicyclic) bond motifs is 1. The fraction of sp³-hybridized carbons (Fsp3) is 0.227. The van der Waals surface area contributed by atoms with Crippen molar-refractivity contribution in [3.05, 3.63) is 84.2 Å². The van der Waals surface area contributed by atoms with Crippen molar-refractivity contribution in [3.8, 4) is 17.2 Å². The monoisotopic (exact) mass is 362 g/mol. The first-order valence-electron chi connectivity index (χ1n) is 9.08. The van der Waals surface area contributed by atoms with E-state index < -0.39 is 0 Å². The van der Waals surface area contributed by atoms with Crippen LogP contribution in [0.2, 0.25) is 0 Å². The fourth-order valence-electron chi connectivity index (χ4n) is 2.96. The van der Waals surface area contributed by atoms with Crippen LogP contribution < -0.4 is 19.5 Å². The minimum absolute atomic E-state index is 0.0125. The van der Waals surface area contributed by atoms with Crippen molar-refractivity contribution in [3.63, 3.8) is 0 Å². The van der Waals surface area contributed by atoms with Crippen molar-refractivity contribution in [1.29, 1.82) is 0 Å². The standard InChI is InChI=1S/C22H22N2O3/c1-2-9-20(25-15-18-8-5-6-12-24-18)17(7-1)13-23-14-19-16-26-21-10-3-4-11-22(21)27-19/h1-12,19,23H,13-16H2/t19-/m0/s1. The van der Waals surface area contributed by atoms with Gasteiger partial charge in [0.1, 0.15) is 25.1 Å². The van der Waals surface area contributed by atoms with E-state index in [-0.39, 0.29) is 6.10 Å². The number of nitrogens with one attached hydrogen (secondary N) is 1. The zero-order chi connectivity index (χ0) is 18.3. The highest BCUT2D eigenvalue weighted by molar-refractivity contribution is 5.40. The third kappa shape index (κ3) is 4.57. The second kappa shape index (κ2) is 8.56. The van der Waals surface area contributed by atoms with Gasteiger partial charge in [0.2, 0.25) is 0 Å². The van der Waals surface area contributed by atoms with Crippen molar-refractivity contribution in [1.82, 2.24) is 10.3 Å². The van der Waals surface area contributed by atoms with Gasteiger partial charge >= 0.3 is 0 Å². The van der Waals surface area contributed by atoms with Crippen LogP contribution in [0.15, 0.2) is 72.9 Å². The van der Waals surface area contributed by atoms with Crippen LogP contribution in [0.1, 0.15) is 11.3 Å². The molecule has 0 spiro atoms. The van der Waals surface area contributed by atoms with Crippen molar-refractivity contribution in [2.75, 3.05) is 13.2 Å². The Kier molecular flexibility index (Phi) is 5.50. The molecule has 1 atom stereocenters. The summed E-state index contributed by atoms with van der Waals surface area (Å²) in [6, 6.07) is 21.6. The smallest absolute Gasteiger partial charge is 0.161 e. The normalized spacial score (nSPS) is 15.3. The molecule has 3 aromatic rings. The van der Waals surface area contributed by atoms with Crippen LogP contribution in [0.25, 0.3) is 0 Å². The number of ether oxygens (including phenoxy) is 3. The van der Waals surface area contributed by atoms with Crippen LogP contribution in [0.5, 0.6) is 17.2 Å². The molecule has 1 aliphatic rings. The number of rotatable bonds is 7. The summed E-state index contributed by atoms with van der Waals surface area (Å²) in [5.74, 6) is 2.47. The van der Waals surface area contributed by atoms with Gasteiger partial charge in [0.25, 0.3) is 0 Å². The highest BCUT2D eigenvalue weighted by Crippen LogP contribution is 2.30. The zero-order valence-electron chi connectivity index (χ0n) is 15.0. The zero-order valence-corrected chi connectivity index (χ0v) is 15.0. The molecule has 2 aromatic carbocycles. The van der Waals surface area contributed by atoms with E-state index in [2.05, 4.69) is 16.4 Å². The molecule has 0 unspecified atom stereocenters. The molecule has 138 valence electrons. The van der Waals surface area contributed by atoms with Gasteiger partial charge in [-0.1, -0.05) is 36.4 Å². The third-order valence-electron chi connectivity index (χ3n) is 4.33. The lowest BCUT2D eigenvalue weighted by Crippen LogP contribution is -2.38. The number of aromatic nitrogens is 1. The van der Waals surface area contributed by atoms with Crippen molar-refractivity contribution >= 4 is 0 Å². The molecule has 27 heavy (non-hydrogen) atoms. The maximum atomic E-state index is 5.98. The molecule has 0 saturated heterocycles. The van der Waals surface area contributed by atoms with E-state index in [1.165, 1.54) is 0 Å². The lowest BCUT2D eigenvalue weighted by atomic mass is 10.2. The summed E-state index contributed by atoms with van der Waals surface area (Å²) >= 11 is 0. The Morgan fingerprint density at radius 3 is 2.67 bits per heavy atom. The maximum absolute atomic E-state index is 5.98. The van der Waals surface area contributed by atoms with E-state index in [4.69, 9.17) is 14.2 Å². The van der Waals surface area contributed by atoms with Crippen LogP contribution in [0.3, 0.4) is 0 Å². The van der Waals surface area contributed by atoms with Gasteiger partial charge < -0.3 is 19.5 Å². The van der Waals surface area contributed by atoms with E-state index in [0.29, 0.717) is 26.3 Å². The average molecular weight is 362 g/mol. The molecule has 0 amide bonds. The Balaban J connectivity index is 1.30. The van der Waals surface area contributed by atoms with Crippen LogP contribution in [-0.2, 0) is 13.2 Å². The number of benzene rings is 2. The largest absolute Gasteiger partial charge is 0.487 e. The van der Waals surface area contributed by atoms with Crippen molar-refractivity contribution in [2.24, 2.45) is 0 Å². The van der Waals surface area contributed by atoms with Crippen LogP contribution in [-0.4, -0.2) is 24.2 Å². The summed E-state index contributed by atoms with van der Waals surface area (Å²) in [5.41, 5.74) is 2.01. The number of para-hydroxylation sites is 3. The maximum Gasteiger partial charge on any atom is 0.161 e. The van der Waals surface area contributed by atoms with Gasteiger partial charge in [0.15, 0.2) is 11.5 Å². The molecule has 0 radical (unpaired) electrons. The molecule has 0 fully saturated rings. The van der Waals surface area contributed by atoms with Gasteiger partial charge in [0.05, 0.1) is 5.69 Å². The second-order valence-corrected chi connectivity index (χ2v) is 6.35. The summed E-state index contributed by atoms with van der Waals surface area (Å²) in [6.07, 6.45) is 1.76. The number of pyridine rings is 1. The molecule has 0 saturated carbocycles. The number of hydrogen-bond donors (Lipinski definition) is 1. The number of hydrogen-bond acceptors (Lipinski definition) is 5. The van der Waals surface area contributed by atoms with E-state index in [1.54, 1.807) is 6.20 Å². The highest BCUT2D eigenvalue weighted by Gasteiger charge is 2.20. The van der Waals surface area contributed by atoms with Gasteiger partial charge in [-0.3, -0.25) is 4.98 Å². The minimum Gasteiger partial charge on any atom is -0.487 e. The molecular formula is C22H22N2O3. The summed E-state index contributed by atoms with van der Waals surface area (Å²) < 4.78 is 17.7. The topological polar surface area (TPSA) is 52.6 Å². The molecule has 4 rings (SSSR count). The first-order valence-corrected chi connectivity index (χ1v) is 9.08. The Bertz CT molecular complexity index is 870. The lowest BCUT2D eigenvalue weighted by Gasteiger charge is -2.26. The molecule has 1 aromatic heterocycles. The fourth-order valence-corrected chi connectivity index (χ4v) is 2.96. The van der Waals surface area contributed by atoms with Gasteiger partial charge in [-0.2, -0.15) is 0 Å². The number of nitrogens with zero attached hydrogens (tertiary/aromatic N) is 1. The van der Waals surface area contributed by atoms with Crippen molar-refractivity contribution in [2.45, 2.75) is 19.3 Å². The van der Waals surface area contributed by atoms with Gasteiger partial charge in [-0.05, 0) is 30.3 Å². The summed E-state index contributed by atoms with van der Waals surface area (Å²) in [4.78, 5) is 4.29. The molecule has 0 aliphatic carbocycles. The predicted octanol–water partition coefficient (Wildman–Crippen LogP) is 3.59. The SMILES string of the molecule is c1ccc(COc2ccccc2CNC[C@H]2COc3ccccc3O2)nc1. The lowest BCUT2D eigenvalue weighted by molar-refractivity contribution is 0.0901. The predicted molar refractivity (Wildman–Crippen MR) is 103 cm³/mol. The van der Waals surface area contributed by atoms with Gasteiger partial charge in [0, 0.05) is 24.8 Å². The Hall–Kier alpha value is -3.05. The molecular weight excluding hydrogens is 340 g/mol. The van der Waals surface area contributed by atoms with Gasteiger partial charge in [-0.15, -0.1) is 0 Å². The van der Waals surface area contributed by atoms with E-state index in [9.17, 15) is 0 Å². The summed E-state index contributed by atoms with van der Waals surface area (Å²) in [6.45, 7) is 2.39. The molecule has 1 N–H and O–H groups in total. The minimum atomic E-state index is -0.0125. The average Bonchev–Trinajstić information content (AvgIpc) is 2.74. The summed E-state index contributed by atoms with van der Waals surface area (Å²) in [7, 11) is 0. The summed E-state index contributed by atoms with van der Waals surface area (Å²) in [5, 5.41) is 3.44. The molecule has 5 nitrogen and oxygen atoms in total. The van der Waals surface area contributed by atoms with E-state index in [1.807, 2.05) is 60.7 Å². The Labute approximate surface area is 158 Å². The molecule has 1 aliphatic heterocycles. The third-order valence-corrected chi connectivity index (χ3v) is 4.33. The molecule has 0 bridgehead atoms. The van der Waals surface area contributed by atoms with E-state index >= 15 is 0 Å². The van der Waals surface area contributed by atoms with Crippen molar-refractivity contribution < 1.29 is 14.2 Å².